The highest BCUT2D eigenvalue weighted by Gasteiger charge is 2.18. The fraction of sp³-hybridized carbons (Fsp3) is 0.190. The van der Waals surface area contributed by atoms with Gasteiger partial charge in [-0.3, -0.25) is 9.08 Å². The number of carbonyl (C=O) groups is 1. The number of rotatable bonds is 8. The van der Waals surface area contributed by atoms with Crippen LogP contribution in [0.3, 0.4) is 0 Å². The summed E-state index contributed by atoms with van der Waals surface area (Å²) in [4.78, 5) is 11.9. The first-order valence-corrected chi connectivity index (χ1v) is 10.1. The van der Waals surface area contributed by atoms with Crippen LogP contribution in [0.25, 0.3) is 6.08 Å². The number of hydrogen-bond donors (Lipinski definition) is 0. The van der Waals surface area contributed by atoms with Crippen LogP contribution in [0.1, 0.15) is 37.3 Å². The zero-order valence-corrected chi connectivity index (χ0v) is 16.4. The van der Waals surface area contributed by atoms with Gasteiger partial charge in [0.05, 0.1) is 0 Å². The topological polar surface area (TPSA) is 96.6 Å². The van der Waals surface area contributed by atoms with Crippen LogP contribution in [0.15, 0.2) is 70.7 Å². The van der Waals surface area contributed by atoms with E-state index in [0.29, 0.717) is 5.92 Å². The first-order valence-electron chi connectivity index (χ1n) is 8.66. The van der Waals surface area contributed by atoms with Crippen molar-refractivity contribution in [2.24, 2.45) is 5.16 Å². The van der Waals surface area contributed by atoms with Gasteiger partial charge in [0.15, 0.2) is 0 Å². The molecule has 0 N–H and O–H groups in total. The second-order valence-corrected chi connectivity index (χ2v) is 7.60. The van der Waals surface area contributed by atoms with Gasteiger partial charge in [-0.25, -0.2) is 0 Å². The van der Waals surface area contributed by atoms with Crippen molar-refractivity contribution >= 4 is 27.7 Å². The zero-order valence-electron chi connectivity index (χ0n) is 15.6. The van der Waals surface area contributed by atoms with E-state index in [4.69, 9.17) is 5.26 Å². The molecule has 144 valence electrons. The molecule has 0 amide bonds. The van der Waals surface area contributed by atoms with Gasteiger partial charge in [0.25, 0.3) is 0 Å². The molecule has 0 fully saturated rings. The second-order valence-electron chi connectivity index (χ2n) is 6.07. The van der Waals surface area contributed by atoms with Crippen LogP contribution >= 0.6 is 0 Å². The predicted octanol–water partition coefficient (Wildman–Crippen LogP) is 4.07. The Hall–Kier alpha value is -3.24. The van der Waals surface area contributed by atoms with Crippen molar-refractivity contribution in [2.75, 3.05) is 0 Å². The van der Waals surface area contributed by atoms with Crippen molar-refractivity contribution < 1.29 is 17.5 Å². The predicted molar refractivity (Wildman–Crippen MR) is 107 cm³/mol. The average Bonchev–Trinajstić information content (AvgIpc) is 2.72. The largest absolute Gasteiger partial charge is 0.358 e. The van der Waals surface area contributed by atoms with Gasteiger partial charge in [0.2, 0.25) is 11.5 Å². The quantitative estimate of drug-likeness (QED) is 0.381. The molecule has 28 heavy (non-hydrogen) atoms. The third-order valence-corrected chi connectivity index (χ3v) is 5.26. The van der Waals surface area contributed by atoms with Gasteiger partial charge < -0.3 is 0 Å². The monoisotopic (exact) mass is 396 g/mol. The number of nitrogens with zero attached hydrogens (tertiary/aromatic N) is 2. The second kappa shape index (κ2) is 9.62. The average molecular weight is 396 g/mol. The normalized spacial score (nSPS) is 13.1. The molecule has 2 rings (SSSR count). The van der Waals surface area contributed by atoms with E-state index in [9.17, 15) is 13.2 Å². The van der Waals surface area contributed by atoms with E-state index in [2.05, 4.69) is 9.44 Å². The minimum absolute atomic E-state index is 0.104. The van der Waals surface area contributed by atoms with Crippen molar-refractivity contribution in [1.29, 1.82) is 5.26 Å². The SMILES string of the molecule is CCC(C)c1ccc(S(=O)(=O)ON=C(C#N)C(=O)/C=C/c2ccccc2)cc1. The van der Waals surface area contributed by atoms with E-state index >= 15 is 0 Å². The van der Waals surface area contributed by atoms with Gasteiger partial charge in [-0.15, -0.1) is 0 Å². The molecule has 0 aromatic heterocycles. The van der Waals surface area contributed by atoms with Crippen molar-refractivity contribution in [3.63, 3.8) is 0 Å². The van der Waals surface area contributed by atoms with E-state index in [-0.39, 0.29) is 4.90 Å². The number of benzene rings is 2. The maximum absolute atomic E-state index is 12.2. The van der Waals surface area contributed by atoms with E-state index in [0.717, 1.165) is 23.6 Å². The van der Waals surface area contributed by atoms with Crippen LogP contribution in [0.5, 0.6) is 0 Å². The first-order chi connectivity index (χ1) is 13.4. The van der Waals surface area contributed by atoms with Crippen LogP contribution < -0.4 is 0 Å². The molecule has 0 saturated heterocycles. The number of hydrogen-bond acceptors (Lipinski definition) is 6. The molecule has 0 aliphatic heterocycles. The lowest BCUT2D eigenvalue weighted by Crippen LogP contribution is -2.11. The van der Waals surface area contributed by atoms with Crippen molar-refractivity contribution in [2.45, 2.75) is 31.1 Å². The molecule has 2 aromatic rings. The fourth-order valence-corrected chi connectivity index (χ4v) is 2.99. The Morgan fingerprint density at radius 3 is 2.39 bits per heavy atom. The molecule has 0 bridgehead atoms. The van der Waals surface area contributed by atoms with Crippen LogP contribution in [0.4, 0.5) is 0 Å². The summed E-state index contributed by atoms with van der Waals surface area (Å²) in [5.74, 6) is -0.455. The Bertz CT molecular complexity index is 1020. The first kappa shape index (κ1) is 21.1. The lowest BCUT2D eigenvalue weighted by Gasteiger charge is -2.09. The Morgan fingerprint density at radius 1 is 1.18 bits per heavy atom. The Kier molecular flexibility index (Phi) is 7.24. The van der Waals surface area contributed by atoms with E-state index in [1.807, 2.05) is 19.9 Å². The Labute approximate surface area is 164 Å². The summed E-state index contributed by atoms with van der Waals surface area (Å²) in [5, 5.41) is 12.3. The minimum atomic E-state index is -4.23. The summed E-state index contributed by atoms with van der Waals surface area (Å²) >= 11 is 0. The zero-order chi connectivity index (χ0) is 20.6. The molecular weight excluding hydrogens is 376 g/mol. The Balaban J connectivity index is 2.13. The summed E-state index contributed by atoms with van der Waals surface area (Å²) in [5.41, 5.74) is 1.10. The van der Waals surface area contributed by atoms with Crippen LogP contribution in [0.2, 0.25) is 0 Å². The summed E-state index contributed by atoms with van der Waals surface area (Å²) in [7, 11) is -4.23. The van der Waals surface area contributed by atoms with Gasteiger partial charge in [-0.1, -0.05) is 62.4 Å². The van der Waals surface area contributed by atoms with Crippen molar-refractivity contribution in [3.8, 4) is 6.07 Å². The molecular formula is C21H20N2O4S. The van der Waals surface area contributed by atoms with E-state index in [1.54, 1.807) is 42.5 Å². The summed E-state index contributed by atoms with van der Waals surface area (Å²) in [6.45, 7) is 4.08. The highest BCUT2D eigenvalue weighted by molar-refractivity contribution is 7.86. The molecule has 6 nitrogen and oxygen atoms in total. The van der Waals surface area contributed by atoms with Gasteiger partial charge >= 0.3 is 10.1 Å². The molecule has 0 aliphatic carbocycles. The van der Waals surface area contributed by atoms with Gasteiger partial charge in [-0.05, 0) is 46.8 Å². The Morgan fingerprint density at radius 2 is 1.82 bits per heavy atom. The summed E-state index contributed by atoms with van der Waals surface area (Å²) in [6.07, 6.45) is 3.56. The van der Waals surface area contributed by atoms with Crippen LogP contribution in [0, 0.1) is 11.3 Å². The third kappa shape index (κ3) is 5.63. The lowest BCUT2D eigenvalue weighted by molar-refractivity contribution is -0.108. The molecule has 2 aromatic carbocycles. The van der Waals surface area contributed by atoms with Crippen molar-refractivity contribution in [3.05, 3.63) is 71.8 Å². The minimum Gasteiger partial charge on any atom is -0.287 e. The number of nitriles is 1. The number of oxime groups is 1. The summed E-state index contributed by atoms with van der Waals surface area (Å²) < 4.78 is 29.0. The van der Waals surface area contributed by atoms with Crippen LogP contribution in [-0.4, -0.2) is 19.9 Å². The van der Waals surface area contributed by atoms with Crippen molar-refractivity contribution in [1.82, 2.24) is 0 Å². The molecule has 7 heteroatoms. The van der Waals surface area contributed by atoms with Gasteiger partial charge in [0, 0.05) is 0 Å². The summed E-state index contributed by atoms with van der Waals surface area (Å²) in [6, 6.07) is 16.8. The van der Waals surface area contributed by atoms with E-state index < -0.39 is 21.6 Å². The molecule has 1 unspecified atom stereocenters. The fourth-order valence-electron chi connectivity index (χ4n) is 2.26. The van der Waals surface area contributed by atoms with Gasteiger partial charge in [0.1, 0.15) is 11.0 Å². The lowest BCUT2D eigenvalue weighted by atomic mass is 9.99. The molecule has 0 heterocycles. The van der Waals surface area contributed by atoms with E-state index in [1.165, 1.54) is 18.2 Å². The number of carbonyl (C=O) groups excluding carboxylic acids is 1. The standard InChI is InChI=1S/C21H20N2O4S/c1-3-16(2)18-10-12-19(13-11-18)28(25,26)27-23-20(15-22)21(24)14-9-17-7-5-4-6-8-17/h4-14,16H,3H2,1-2H3/b14-9+,23-20?. The number of allylic oxidation sites excluding steroid dienone is 1. The number of ketones is 1. The maximum atomic E-state index is 12.2. The molecule has 0 aliphatic rings. The molecule has 0 saturated carbocycles. The van der Waals surface area contributed by atoms with Crippen LogP contribution in [-0.2, 0) is 19.2 Å². The van der Waals surface area contributed by atoms with Gasteiger partial charge in [-0.2, -0.15) is 13.7 Å². The maximum Gasteiger partial charge on any atom is 0.358 e. The highest BCUT2D eigenvalue weighted by atomic mass is 32.2. The molecule has 0 radical (unpaired) electrons. The molecule has 1 atom stereocenters. The smallest absolute Gasteiger partial charge is 0.287 e. The highest BCUT2D eigenvalue weighted by Crippen LogP contribution is 2.21. The third-order valence-electron chi connectivity index (χ3n) is 4.14. The molecule has 0 spiro atoms.